The van der Waals surface area contributed by atoms with Gasteiger partial charge in [0.1, 0.15) is 22.9 Å². The maximum Gasteiger partial charge on any atom is 0.248 e. The number of carbonyl (C=O) groups excluding carboxylic acids is 2. The van der Waals surface area contributed by atoms with Crippen LogP contribution in [0, 0.1) is 35.0 Å². The Kier molecular flexibility index (Phi) is 6.57. The third-order valence-electron chi connectivity index (χ3n) is 7.52. The van der Waals surface area contributed by atoms with Crippen LogP contribution in [0.25, 0.3) is 5.76 Å². The van der Waals surface area contributed by atoms with Gasteiger partial charge in [0.15, 0.2) is 5.78 Å². The number of phenols is 1. The molecule has 0 bridgehead atoms. The summed E-state index contributed by atoms with van der Waals surface area (Å²) in [7, 11) is 3.35. The van der Waals surface area contributed by atoms with Gasteiger partial charge in [-0.15, -0.1) is 0 Å². The molecule has 188 valence electrons. The summed E-state index contributed by atoms with van der Waals surface area (Å²) in [6, 6.07) is 4.29. The Bertz CT molecular complexity index is 1310. The highest BCUT2D eigenvalue weighted by Gasteiger charge is 2.60. The highest BCUT2D eigenvalue weighted by molar-refractivity contribution is 6.10. The van der Waals surface area contributed by atoms with Crippen molar-refractivity contribution in [2.24, 2.45) is 17.6 Å². The normalized spacial score (nSPS) is 27.0. The van der Waals surface area contributed by atoms with Crippen molar-refractivity contribution in [3.8, 4) is 23.7 Å². The largest absolute Gasteiger partial charge is 0.510 e. The van der Waals surface area contributed by atoms with E-state index in [9.17, 15) is 30.0 Å². The van der Waals surface area contributed by atoms with Crippen molar-refractivity contribution in [3.05, 3.63) is 45.7 Å². The second-order valence-corrected chi connectivity index (χ2v) is 9.87. The number of hydrogen-bond acceptors (Lipinski definition) is 8. The fourth-order valence-corrected chi connectivity index (χ4v) is 5.86. The summed E-state index contributed by atoms with van der Waals surface area (Å²) in [6.07, 6.45) is 1.62. The molecule has 0 aliphatic heterocycles. The van der Waals surface area contributed by atoms with Crippen molar-refractivity contribution >= 4 is 17.4 Å². The highest BCUT2D eigenvalue weighted by Crippen LogP contribution is 2.53. The van der Waals surface area contributed by atoms with E-state index in [0.29, 0.717) is 30.4 Å². The maximum atomic E-state index is 13.8. The molecule has 3 aliphatic rings. The van der Waals surface area contributed by atoms with Crippen LogP contribution in [-0.2, 0) is 16.0 Å². The number of hydrogen-bond donors (Lipinski definition) is 5. The second kappa shape index (κ2) is 9.34. The van der Waals surface area contributed by atoms with Crippen LogP contribution < -0.4 is 5.73 Å². The minimum absolute atomic E-state index is 0.00149. The summed E-state index contributed by atoms with van der Waals surface area (Å²) in [5.74, 6) is 2.27. The van der Waals surface area contributed by atoms with Crippen molar-refractivity contribution in [2.45, 2.75) is 50.2 Å². The third kappa shape index (κ3) is 3.91. The lowest BCUT2D eigenvalue weighted by molar-refractivity contribution is -0.151. The number of likely N-dealkylation sites (N-methyl/N-ethyl adjacent to an activating group) is 1. The Hall–Kier alpha value is -3.79. The van der Waals surface area contributed by atoms with E-state index in [0.717, 1.165) is 0 Å². The van der Waals surface area contributed by atoms with Gasteiger partial charge in [-0.05, 0) is 57.0 Å². The van der Waals surface area contributed by atoms with Crippen LogP contribution in [0.4, 0.5) is 0 Å². The van der Waals surface area contributed by atoms with Gasteiger partial charge in [-0.3, -0.25) is 14.5 Å². The van der Waals surface area contributed by atoms with Crippen molar-refractivity contribution in [1.82, 2.24) is 4.90 Å². The molecule has 1 amide bonds. The summed E-state index contributed by atoms with van der Waals surface area (Å²) in [4.78, 5) is 27.4. The topological polar surface area (TPSA) is 168 Å². The number of rotatable bonds is 4. The molecule has 1 aromatic rings. The van der Waals surface area contributed by atoms with Crippen molar-refractivity contribution in [3.63, 3.8) is 0 Å². The summed E-state index contributed by atoms with van der Waals surface area (Å²) in [6.45, 7) is 0. The zero-order valence-corrected chi connectivity index (χ0v) is 20.2. The molecule has 0 saturated heterocycles. The summed E-state index contributed by atoms with van der Waals surface area (Å²) in [5, 5.41) is 53.0. The van der Waals surface area contributed by atoms with Gasteiger partial charge in [0, 0.05) is 36.3 Å². The number of aliphatic hydroxyl groups excluding tert-OH is 2. The number of aromatic hydroxyl groups is 1. The average Bonchev–Trinajstić information content (AvgIpc) is 2.81. The number of aliphatic hydroxyl groups is 3. The molecular weight excluding hydrogens is 462 g/mol. The fourth-order valence-electron chi connectivity index (χ4n) is 5.86. The lowest BCUT2D eigenvalue weighted by Crippen LogP contribution is -2.62. The molecule has 3 aliphatic carbocycles. The predicted molar refractivity (Wildman–Crippen MR) is 130 cm³/mol. The molecule has 4 atom stereocenters. The van der Waals surface area contributed by atoms with E-state index < -0.39 is 47.3 Å². The average molecular weight is 492 g/mol. The molecule has 0 radical (unpaired) electrons. The van der Waals surface area contributed by atoms with E-state index in [1.54, 1.807) is 25.1 Å². The molecule has 4 rings (SSSR count). The minimum atomic E-state index is -2.06. The van der Waals surface area contributed by atoms with Crippen molar-refractivity contribution < 1.29 is 30.0 Å². The number of nitrogens with zero attached hydrogens (tertiary/aromatic N) is 2. The zero-order valence-electron chi connectivity index (χ0n) is 20.2. The molecule has 1 fully saturated rings. The van der Waals surface area contributed by atoms with E-state index in [4.69, 9.17) is 11.0 Å². The first-order valence-corrected chi connectivity index (χ1v) is 11.8. The van der Waals surface area contributed by atoms with Gasteiger partial charge in [0.25, 0.3) is 0 Å². The smallest absolute Gasteiger partial charge is 0.248 e. The van der Waals surface area contributed by atoms with E-state index in [2.05, 4.69) is 17.9 Å². The quantitative estimate of drug-likeness (QED) is 0.314. The number of fused-ring (bicyclic) bond motifs is 3. The van der Waals surface area contributed by atoms with Crippen LogP contribution in [0.1, 0.15) is 48.8 Å². The first-order valence-electron chi connectivity index (χ1n) is 11.8. The molecule has 0 heterocycles. The number of Topliss-reactive ketones (excluding diaryl/α,β-unsaturated/α-hetero) is 1. The van der Waals surface area contributed by atoms with Gasteiger partial charge in [-0.25, -0.2) is 0 Å². The number of ketones is 1. The highest BCUT2D eigenvalue weighted by atomic mass is 16.3. The first kappa shape index (κ1) is 25.3. The minimum Gasteiger partial charge on any atom is -0.510 e. The van der Waals surface area contributed by atoms with Crippen LogP contribution in [0.2, 0.25) is 0 Å². The van der Waals surface area contributed by atoms with Gasteiger partial charge >= 0.3 is 0 Å². The molecular formula is C27H29N3O6. The Labute approximate surface area is 209 Å². The fraction of sp³-hybridized carbons (Fsp3) is 0.444. The molecule has 6 N–H and O–H groups in total. The Morgan fingerprint density at radius 2 is 1.97 bits per heavy atom. The van der Waals surface area contributed by atoms with Crippen LogP contribution in [-0.4, -0.2) is 62.8 Å². The van der Waals surface area contributed by atoms with Gasteiger partial charge < -0.3 is 26.2 Å². The van der Waals surface area contributed by atoms with E-state index in [1.165, 1.54) is 6.07 Å². The molecule has 4 unspecified atom stereocenters. The third-order valence-corrected chi connectivity index (χ3v) is 7.52. The Balaban J connectivity index is 1.82. The molecule has 9 nitrogen and oxygen atoms in total. The monoisotopic (exact) mass is 491 g/mol. The zero-order chi connectivity index (χ0) is 26.4. The number of benzene rings is 1. The molecule has 9 heteroatoms. The number of amides is 1. The van der Waals surface area contributed by atoms with Crippen molar-refractivity contribution in [1.29, 1.82) is 5.26 Å². The lowest BCUT2D eigenvalue weighted by atomic mass is 9.57. The Morgan fingerprint density at radius 3 is 2.61 bits per heavy atom. The predicted octanol–water partition coefficient (Wildman–Crippen LogP) is 1.83. The number of carbonyl (C=O) groups is 2. The number of phenolic OH excluding ortho intramolecular Hbond substituents is 1. The Morgan fingerprint density at radius 1 is 1.25 bits per heavy atom. The molecule has 0 spiro atoms. The van der Waals surface area contributed by atoms with Crippen LogP contribution >= 0.6 is 0 Å². The second-order valence-electron chi connectivity index (χ2n) is 9.87. The molecule has 1 aromatic carbocycles. The van der Waals surface area contributed by atoms with E-state index in [1.807, 2.05) is 0 Å². The van der Waals surface area contributed by atoms with Crippen LogP contribution in [0.3, 0.4) is 0 Å². The SMILES string of the molecule is CN(C)C1C(O)=C(C(N)=O)CC2(O)C(=O)C3=C(O)c4c(O)ccc(C#CCCCC#N)c4CC3CC12. The molecule has 1 saturated carbocycles. The van der Waals surface area contributed by atoms with Crippen LogP contribution in [0.5, 0.6) is 5.75 Å². The van der Waals surface area contributed by atoms with Gasteiger partial charge in [0.2, 0.25) is 5.91 Å². The van der Waals surface area contributed by atoms with E-state index in [-0.39, 0.29) is 41.1 Å². The number of nitriles is 1. The summed E-state index contributed by atoms with van der Waals surface area (Å²) < 4.78 is 0. The van der Waals surface area contributed by atoms with Crippen LogP contribution in [0.15, 0.2) is 29.0 Å². The van der Waals surface area contributed by atoms with Crippen molar-refractivity contribution in [2.75, 3.05) is 14.1 Å². The van der Waals surface area contributed by atoms with E-state index >= 15 is 0 Å². The van der Waals surface area contributed by atoms with Gasteiger partial charge in [-0.1, -0.05) is 11.8 Å². The number of unbranched alkanes of at least 4 members (excludes halogenated alkanes) is 2. The number of nitrogens with two attached hydrogens (primary N) is 1. The van der Waals surface area contributed by atoms with Gasteiger partial charge in [0.05, 0.1) is 23.2 Å². The summed E-state index contributed by atoms with van der Waals surface area (Å²) in [5.41, 5.74) is 4.48. The molecule has 0 aromatic heterocycles. The summed E-state index contributed by atoms with van der Waals surface area (Å²) >= 11 is 0. The van der Waals surface area contributed by atoms with Gasteiger partial charge in [-0.2, -0.15) is 5.26 Å². The lowest BCUT2D eigenvalue weighted by Gasteiger charge is -2.51. The number of primary amides is 1. The molecule has 36 heavy (non-hydrogen) atoms. The maximum absolute atomic E-state index is 13.8. The standard InChI is InChI=1S/C27H29N3O6/c1-30(2)22-18-12-15-11-16-14(7-5-3-4-6-10-28)8-9-19(31)21(16)24(33)20(15)25(34)27(18,36)13-17(23(22)32)26(29)35/h8-9,15,18,22,31-33,36H,3-4,6,11-13H2,1-2H3,(H2,29,35). The first-order chi connectivity index (χ1) is 17.0.